The third-order valence-electron chi connectivity index (χ3n) is 2.53. The van der Waals surface area contributed by atoms with Gasteiger partial charge in [0.2, 0.25) is 0 Å². The van der Waals surface area contributed by atoms with Crippen LogP contribution in [0.1, 0.15) is 50.8 Å². The zero-order valence-electron chi connectivity index (χ0n) is 9.24. The van der Waals surface area contributed by atoms with Crippen molar-refractivity contribution in [2.75, 3.05) is 0 Å². The zero-order valence-corrected chi connectivity index (χ0v) is 9.24. The molecule has 0 aromatic carbocycles. The molecule has 1 rings (SSSR count). The summed E-state index contributed by atoms with van der Waals surface area (Å²) in [7, 11) is 0. The van der Waals surface area contributed by atoms with Crippen LogP contribution in [-0.4, -0.2) is 10.8 Å². The molecule has 1 aromatic heterocycles. The van der Waals surface area contributed by atoms with Crippen molar-refractivity contribution >= 4 is 5.78 Å². The predicted octanol–water partition coefficient (Wildman–Crippen LogP) is 2.90. The van der Waals surface area contributed by atoms with Crippen molar-refractivity contribution in [3.63, 3.8) is 0 Å². The van der Waals surface area contributed by atoms with E-state index in [4.69, 9.17) is 0 Å². The van der Waals surface area contributed by atoms with Crippen molar-refractivity contribution < 1.29 is 4.79 Å². The van der Waals surface area contributed by atoms with E-state index in [1.165, 1.54) is 5.56 Å². The quantitative estimate of drug-likeness (QED) is 0.735. The van der Waals surface area contributed by atoms with Gasteiger partial charge in [-0.3, -0.25) is 9.78 Å². The number of pyridine rings is 1. The third-order valence-corrected chi connectivity index (χ3v) is 2.53. The highest BCUT2D eigenvalue weighted by Crippen LogP contribution is 2.19. The number of ketones is 1. The standard InChI is InChI=1S/C12H17NO/c1-8(2)11-5-6-13-12(7-11)9(3)10(4)14/h5-9H,1-4H3. The molecular weight excluding hydrogens is 174 g/mol. The largest absolute Gasteiger partial charge is 0.299 e. The highest BCUT2D eigenvalue weighted by Gasteiger charge is 2.12. The molecule has 2 heteroatoms. The van der Waals surface area contributed by atoms with Crippen LogP contribution < -0.4 is 0 Å². The SMILES string of the molecule is CC(=O)C(C)c1cc(C(C)C)ccn1. The molecule has 2 nitrogen and oxygen atoms in total. The maximum absolute atomic E-state index is 11.2. The topological polar surface area (TPSA) is 30.0 Å². The molecule has 14 heavy (non-hydrogen) atoms. The van der Waals surface area contributed by atoms with E-state index in [2.05, 4.69) is 18.8 Å². The maximum Gasteiger partial charge on any atom is 0.138 e. The minimum atomic E-state index is -0.0892. The van der Waals surface area contributed by atoms with Crippen LogP contribution in [0.4, 0.5) is 0 Å². The Balaban J connectivity index is 2.99. The van der Waals surface area contributed by atoms with Gasteiger partial charge in [-0.1, -0.05) is 13.8 Å². The summed E-state index contributed by atoms with van der Waals surface area (Å²) in [5, 5.41) is 0. The maximum atomic E-state index is 11.2. The van der Waals surface area contributed by atoms with Crippen molar-refractivity contribution in [3.8, 4) is 0 Å². The molecule has 1 unspecified atom stereocenters. The van der Waals surface area contributed by atoms with Crippen LogP contribution in [0.25, 0.3) is 0 Å². The predicted molar refractivity (Wildman–Crippen MR) is 57.4 cm³/mol. The molecule has 0 N–H and O–H groups in total. The summed E-state index contributed by atoms with van der Waals surface area (Å²) in [5.41, 5.74) is 2.12. The van der Waals surface area contributed by atoms with Crippen LogP contribution in [0.15, 0.2) is 18.3 Å². The summed E-state index contributed by atoms with van der Waals surface area (Å²) in [6.07, 6.45) is 1.78. The Morgan fingerprint density at radius 1 is 1.36 bits per heavy atom. The van der Waals surface area contributed by atoms with E-state index >= 15 is 0 Å². The van der Waals surface area contributed by atoms with Gasteiger partial charge in [0.25, 0.3) is 0 Å². The molecule has 76 valence electrons. The Labute approximate surface area is 85.4 Å². The number of aromatic nitrogens is 1. The molecule has 0 saturated carbocycles. The molecule has 0 bridgehead atoms. The van der Waals surface area contributed by atoms with Gasteiger partial charge in [0.15, 0.2) is 0 Å². The number of hydrogen-bond acceptors (Lipinski definition) is 2. The van der Waals surface area contributed by atoms with E-state index in [-0.39, 0.29) is 11.7 Å². The first kappa shape index (κ1) is 10.9. The molecule has 1 heterocycles. The van der Waals surface area contributed by atoms with Crippen LogP contribution in [0.5, 0.6) is 0 Å². The average molecular weight is 191 g/mol. The Bertz CT molecular complexity index is 331. The Morgan fingerprint density at radius 3 is 2.50 bits per heavy atom. The van der Waals surface area contributed by atoms with Gasteiger partial charge >= 0.3 is 0 Å². The van der Waals surface area contributed by atoms with Gasteiger partial charge in [0.1, 0.15) is 5.78 Å². The smallest absolute Gasteiger partial charge is 0.138 e. The highest BCUT2D eigenvalue weighted by atomic mass is 16.1. The molecule has 0 saturated heterocycles. The molecule has 1 aromatic rings. The van der Waals surface area contributed by atoms with E-state index < -0.39 is 0 Å². The monoisotopic (exact) mass is 191 g/mol. The molecule has 0 radical (unpaired) electrons. The fraction of sp³-hybridized carbons (Fsp3) is 0.500. The molecule has 0 aliphatic carbocycles. The molecule has 0 fully saturated rings. The fourth-order valence-corrected chi connectivity index (χ4v) is 1.27. The molecule has 1 atom stereocenters. The van der Waals surface area contributed by atoms with Crippen LogP contribution in [-0.2, 0) is 4.79 Å². The second-order valence-corrected chi connectivity index (χ2v) is 4.00. The van der Waals surface area contributed by atoms with Crippen molar-refractivity contribution in [2.24, 2.45) is 0 Å². The van der Waals surface area contributed by atoms with Gasteiger partial charge < -0.3 is 0 Å². The minimum Gasteiger partial charge on any atom is -0.299 e. The minimum absolute atomic E-state index is 0.0892. The first-order chi connectivity index (χ1) is 6.52. The van der Waals surface area contributed by atoms with Crippen molar-refractivity contribution in [1.82, 2.24) is 4.98 Å². The third kappa shape index (κ3) is 2.41. The van der Waals surface area contributed by atoms with Gasteiger partial charge in [0, 0.05) is 6.20 Å². The summed E-state index contributed by atoms with van der Waals surface area (Å²) in [6.45, 7) is 7.78. The normalized spacial score (nSPS) is 12.9. The highest BCUT2D eigenvalue weighted by molar-refractivity contribution is 5.82. The van der Waals surface area contributed by atoms with E-state index in [1.807, 2.05) is 19.1 Å². The van der Waals surface area contributed by atoms with E-state index in [1.54, 1.807) is 13.1 Å². The Morgan fingerprint density at radius 2 is 2.00 bits per heavy atom. The number of carbonyl (C=O) groups is 1. The lowest BCUT2D eigenvalue weighted by Gasteiger charge is -2.10. The summed E-state index contributed by atoms with van der Waals surface area (Å²) < 4.78 is 0. The number of Topliss-reactive ketones (excluding diaryl/α,β-unsaturated/α-hetero) is 1. The number of rotatable bonds is 3. The van der Waals surface area contributed by atoms with E-state index in [9.17, 15) is 4.79 Å². The van der Waals surface area contributed by atoms with Crippen LogP contribution in [0.3, 0.4) is 0 Å². The average Bonchev–Trinajstić information content (AvgIpc) is 2.16. The van der Waals surface area contributed by atoms with E-state index in [0.29, 0.717) is 5.92 Å². The molecule has 0 spiro atoms. The zero-order chi connectivity index (χ0) is 10.7. The first-order valence-corrected chi connectivity index (χ1v) is 4.98. The second kappa shape index (κ2) is 4.36. The van der Waals surface area contributed by atoms with Gasteiger partial charge in [0.05, 0.1) is 11.6 Å². The lowest BCUT2D eigenvalue weighted by Crippen LogP contribution is -2.07. The van der Waals surface area contributed by atoms with Gasteiger partial charge in [-0.05, 0) is 37.5 Å². The lowest BCUT2D eigenvalue weighted by atomic mass is 9.98. The van der Waals surface area contributed by atoms with Gasteiger partial charge in [-0.2, -0.15) is 0 Å². The number of hydrogen-bond donors (Lipinski definition) is 0. The first-order valence-electron chi connectivity index (χ1n) is 4.98. The van der Waals surface area contributed by atoms with Gasteiger partial charge in [-0.15, -0.1) is 0 Å². The summed E-state index contributed by atoms with van der Waals surface area (Å²) in [4.78, 5) is 15.4. The molecular formula is C12H17NO. The van der Waals surface area contributed by atoms with E-state index in [0.717, 1.165) is 5.69 Å². The van der Waals surface area contributed by atoms with Gasteiger partial charge in [-0.25, -0.2) is 0 Å². The molecule has 0 amide bonds. The fourth-order valence-electron chi connectivity index (χ4n) is 1.27. The second-order valence-electron chi connectivity index (χ2n) is 4.00. The molecule has 0 aliphatic heterocycles. The molecule has 0 aliphatic rings. The summed E-state index contributed by atoms with van der Waals surface area (Å²) >= 11 is 0. The van der Waals surface area contributed by atoms with Crippen LogP contribution in [0, 0.1) is 0 Å². The van der Waals surface area contributed by atoms with Crippen molar-refractivity contribution in [1.29, 1.82) is 0 Å². The van der Waals surface area contributed by atoms with Crippen molar-refractivity contribution in [3.05, 3.63) is 29.6 Å². The number of nitrogens with zero attached hydrogens (tertiary/aromatic N) is 1. The lowest BCUT2D eigenvalue weighted by molar-refractivity contribution is -0.118. The van der Waals surface area contributed by atoms with Crippen LogP contribution in [0.2, 0.25) is 0 Å². The summed E-state index contributed by atoms with van der Waals surface area (Å²) in [6, 6.07) is 4.03. The number of carbonyl (C=O) groups excluding carboxylic acids is 1. The van der Waals surface area contributed by atoms with Crippen molar-refractivity contribution in [2.45, 2.75) is 39.5 Å². The Hall–Kier alpha value is -1.18. The van der Waals surface area contributed by atoms with Crippen LogP contribution >= 0.6 is 0 Å². The Kier molecular flexibility index (Phi) is 3.39. The summed E-state index contributed by atoms with van der Waals surface area (Å²) in [5.74, 6) is 0.558.